The predicted molar refractivity (Wildman–Crippen MR) is 123 cm³/mol. The first-order chi connectivity index (χ1) is 15.1. The Hall–Kier alpha value is -3.10. The maximum absolute atomic E-state index is 13.1. The van der Waals surface area contributed by atoms with E-state index in [9.17, 15) is 9.59 Å². The normalized spacial score (nSPS) is 11.3. The van der Waals surface area contributed by atoms with Crippen molar-refractivity contribution >= 4 is 39.6 Å². The Balaban J connectivity index is 1.56. The van der Waals surface area contributed by atoms with Gasteiger partial charge in [-0.2, -0.15) is 0 Å². The molecular weight excluding hydrogens is 412 g/mol. The highest BCUT2D eigenvalue weighted by molar-refractivity contribution is 7.99. The van der Waals surface area contributed by atoms with E-state index in [2.05, 4.69) is 10.3 Å². The lowest BCUT2D eigenvalue weighted by molar-refractivity contribution is -0.118. The highest BCUT2D eigenvalue weighted by Crippen LogP contribution is 2.24. The zero-order chi connectivity index (χ0) is 21.8. The third-order valence-electron chi connectivity index (χ3n) is 5.04. The number of aromatic amines is 1. The van der Waals surface area contributed by atoms with E-state index in [1.165, 1.54) is 17.3 Å². The van der Waals surface area contributed by atoms with Crippen LogP contribution in [0.2, 0.25) is 0 Å². The van der Waals surface area contributed by atoms with Crippen LogP contribution in [0.4, 0.5) is 0 Å². The lowest BCUT2D eigenvalue weighted by atomic mass is 10.1. The van der Waals surface area contributed by atoms with Crippen molar-refractivity contribution in [1.82, 2.24) is 19.9 Å². The molecule has 0 atom stereocenters. The molecule has 2 aromatic carbocycles. The van der Waals surface area contributed by atoms with E-state index >= 15 is 0 Å². The van der Waals surface area contributed by atoms with Gasteiger partial charge >= 0.3 is 0 Å². The third-order valence-corrected chi connectivity index (χ3v) is 6.01. The summed E-state index contributed by atoms with van der Waals surface area (Å²) in [6.45, 7) is 3.23. The number of nitrogens with zero attached hydrogens (tertiary/aromatic N) is 2. The molecule has 0 spiro atoms. The molecule has 8 heteroatoms. The van der Waals surface area contributed by atoms with Gasteiger partial charge in [0.1, 0.15) is 11.0 Å². The summed E-state index contributed by atoms with van der Waals surface area (Å²) in [6.07, 6.45) is 0. The number of para-hydroxylation sites is 1. The molecule has 0 saturated heterocycles. The molecule has 0 aliphatic heterocycles. The Morgan fingerprint density at radius 2 is 1.97 bits per heavy atom. The van der Waals surface area contributed by atoms with Gasteiger partial charge in [-0.3, -0.25) is 14.2 Å². The van der Waals surface area contributed by atoms with Crippen molar-refractivity contribution in [2.24, 2.45) is 0 Å². The first-order valence-electron chi connectivity index (χ1n) is 10.0. The number of ether oxygens (including phenoxy) is 1. The van der Waals surface area contributed by atoms with Gasteiger partial charge in [0.25, 0.3) is 5.56 Å². The lowest BCUT2D eigenvalue weighted by Crippen LogP contribution is -2.27. The first-order valence-corrected chi connectivity index (χ1v) is 11.0. The molecule has 0 unspecified atom stereocenters. The van der Waals surface area contributed by atoms with Crippen molar-refractivity contribution in [1.29, 1.82) is 0 Å². The number of carbonyl (C=O) groups excluding carboxylic acids is 1. The second-order valence-corrected chi connectivity index (χ2v) is 8.23. The van der Waals surface area contributed by atoms with E-state index in [1.807, 2.05) is 55.5 Å². The summed E-state index contributed by atoms with van der Waals surface area (Å²) < 4.78 is 6.73. The molecule has 4 rings (SSSR count). The van der Waals surface area contributed by atoms with Crippen LogP contribution in [0, 0.1) is 6.92 Å². The minimum atomic E-state index is -0.166. The van der Waals surface area contributed by atoms with Gasteiger partial charge in [0.2, 0.25) is 5.91 Å². The molecule has 2 aromatic heterocycles. The van der Waals surface area contributed by atoms with Crippen LogP contribution in [-0.4, -0.2) is 39.9 Å². The van der Waals surface area contributed by atoms with Crippen LogP contribution in [0.5, 0.6) is 0 Å². The van der Waals surface area contributed by atoms with Crippen molar-refractivity contribution in [3.63, 3.8) is 0 Å². The van der Waals surface area contributed by atoms with Crippen molar-refractivity contribution < 1.29 is 9.53 Å². The number of fused-ring (bicyclic) bond motifs is 3. The highest BCUT2D eigenvalue weighted by Gasteiger charge is 2.16. The van der Waals surface area contributed by atoms with Crippen LogP contribution >= 0.6 is 11.8 Å². The maximum atomic E-state index is 13.1. The summed E-state index contributed by atoms with van der Waals surface area (Å²) in [5.41, 5.74) is 4.00. The van der Waals surface area contributed by atoms with Gasteiger partial charge < -0.3 is 15.0 Å². The third kappa shape index (κ3) is 4.65. The Kier molecular flexibility index (Phi) is 6.39. The molecule has 7 nitrogen and oxygen atoms in total. The Labute approximate surface area is 183 Å². The molecule has 0 aliphatic carbocycles. The van der Waals surface area contributed by atoms with Crippen molar-refractivity contribution in [2.45, 2.75) is 25.2 Å². The van der Waals surface area contributed by atoms with Crippen molar-refractivity contribution in [2.75, 3.05) is 19.5 Å². The fourth-order valence-electron chi connectivity index (χ4n) is 3.35. The molecule has 0 bridgehead atoms. The van der Waals surface area contributed by atoms with Crippen LogP contribution in [0.25, 0.3) is 21.9 Å². The SMILES string of the molecule is COCCn1c(SCC(=O)NCc2ccc(C)cc2)nc2c([nH]c3ccccc32)c1=O. The minimum Gasteiger partial charge on any atom is -0.383 e. The van der Waals surface area contributed by atoms with Crippen molar-refractivity contribution in [3.05, 3.63) is 70.0 Å². The van der Waals surface area contributed by atoms with Gasteiger partial charge in [-0.25, -0.2) is 4.98 Å². The summed E-state index contributed by atoms with van der Waals surface area (Å²) in [4.78, 5) is 33.5. The first kappa shape index (κ1) is 21.1. The molecule has 31 heavy (non-hydrogen) atoms. The van der Waals surface area contributed by atoms with Gasteiger partial charge in [-0.15, -0.1) is 0 Å². The number of amides is 1. The number of hydrogen-bond acceptors (Lipinski definition) is 5. The monoisotopic (exact) mass is 436 g/mol. The van der Waals surface area contributed by atoms with Gasteiger partial charge in [-0.05, 0) is 18.6 Å². The second kappa shape index (κ2) is 9.36. The van der Waals surface area contributed by atoms with Crippen LogP contribution in [-0.2, 0) is 22.6 Å². The molecule has 0 saturated carbocycles. The molecule has 0 aliphatic rings. The number of nitrogens with one attached hydrogen (secondary N) is 2. The smallest absolute Gasteiger partial charge is 0.278 e. The standard InChI is InChI=1S/C23H24N4O3S/c1-15-7-9-16(10-8-15)13-24-19(28)14-31-23-26-20-17-5-3-4-6-18(17)25-21(20)22(29)27(23)11-12-30-2/h3-10,25H,11-14H2,1-2H3,(H,24,28). The molecule has 0 radical (unpaired) electrons. The Morgan fingerprint density at radius 1 is 1.19 bits per heavy atom. The molecule has 0 fully saturated rings. The number of H-pyrrole nitrogens is 1. The molecular formula is C23H24N4O3S. The van der Waals surface area contributed by atoms with Gasteiger partial charge in [0.15, 0.2) is 5.16 Å². The highest BCUT2D eigenvalue weighted by atomic mass is 32.2. The largest absolute Gasteiger partial charge is 0.383 e. The van der Waals surface area contributed by atoms with Crippen LogP contribution in [0.1, 0.15) is 11.1 Å². The number of rotatable bonds is 8. The van der Waals surface area contributed by atoms with E-state index in [1.54, 1.807) is 11.7 Å². The van der Waals surface area contributed by atoms with Gasteiger partial charge in [-0.1, -0.05) is 59.8 Å². The van der Waals surface area contributed by atoms with Crippen molar-refractivity contribution in [3.8, 4) is 0 Å². The van der Waals surface area contributed by atoms with E-state index in [4.69, 9.17) is 9.72 Å². The number of carbonyl (C=O) groups is 1. The molecule has 2 N–H and O–H groups in total. The Bertz CT molecular complexity index is 1280. The number of aryl methyl sites for hydroxylation is 1. The topological polar surface area (TPSA) is 89.0 Å². The summed E-state index contributed by atoms with van der Waals surface area (Å²) in [6, 6.07) is 15.7. The fourth-order valence-corrected chi connectivity index (χ4v) is 4.20. The second-order valence-electron chi connectivity index (χ2n) is 7.29. The summed E-state index contributed by atoms with van der Waals surface area (Å²) >= 11 is 1.25. The molecule has 4 aromatic rings. The zero-order valence-corrected chi connectivity index (χ0v) is 18.3. The minimum absolute atomic E-state index is 0.114. The number of benzene rings is 2. The average Bonchev–Trinajstić information content (AvgIpc) is 3.16. The predicted octanol–water partition coefficient (Wildman–Crippen LogP) is 3.24. The van der Waals surface area contributed by atoms with Crippen LogP contribution in [0.15, 0.2) is 58.5 Å². The van der Waals surface area contributed by atoms with E-state index in [0.29, 0.717) is 35.9 Å². The number of aromatic nitrogens is 3. The summed E-state index contributed by atoms with van der Waals surface area (Å²) in [5.74, 6) is 0.0521. The van der Waals surface area contributed by atoms with Crippen LogP contribution in [0.3, 0.4) is 0 Å². The number of thioether (sulfide) groups is 1. The number of methoxy groups -OCH3 is 1. The summed E-state index contributed by atoms with van der Waals surface area (Å²) in [5, 5.41) is 4.31. The quantitative estimate of drug-likeness (QED) is 0.327. The zero-order valence-electron chi connectivity index (χ0n) is 17.5. The molecule has 1 amide bonds. The lowest BCUT2D eigenvalue weighted by Gasteiger charge is -2.12. The maximum Gasteiger partial charge on any atom is 0.278 e. The van der Waals surface area contributed by atoms with Gasteiger partial charge in [0, 0.05) is 24.6 Å². The van der Waals surface area contributed by atoms with E-state index in [-0.39, 0.29) is 17.2 Å². The van der Waals surface area contributed by atoms with Crippen LogP contribution < -0.4 is 10.9 Å². The van der Waals surface area contributed by atoms with E-state index in [0.717, 1.165) is 16.5 Å². The number of hydrogen-bond donors (Lipinski definition) is 2. The Morgan fingerprint density at radius 3 is 2.74 bits per heavy atom. The molecule has 160 valence electrons. The summed E-state index contributed by atoms with van der Waals surface area (Å²) in [7, 11) is 1.59. The van der Waals surface area contributed by atoms with Gasteiger partial charge in [0.05, 0.1) is 18.9 Å². The average molecular weight is 437 g/mol. The molecule has 2 heterocycles. The van der Waals surface area contributed by atoms with E-state index < -0.39 is 0 Å². The fraction of sp³-hybridized carbons (Fsp3) is 0.261.